The zero-order valence-electron chi connectivity index (χ0n) is 17.7. The third-order valence-electron chi connectivity index (χ3n) is 5.30. The van der Waals surface area contributed by atoms with E-state index < -0.39 is 0 Å². The minimum atomic E-state index is -0.277. The molecule has 1 aliphatic heterocycles. The van der Waals surface area contributed by atoms with Crippen LogP contribution in [0.3, 0.4) is 0 Å². The first-order valence-electron chi connectivity index (χ1n) is 10.5. The molecule has 162 valence electrons. The number of aryl methyl sites for hydroxylation is 1. The number of fused-ring (bicyclic) bond motifs is 1. The Balaban J connectivity index is 1.52. The lowest BCUT2D eigenvalue weighted by Gasteiger charge is -2.20. The molecule has 1 aromatic heterocycles. The minimum absolute atomic E-state index is 0.0896. The summed E-state index contributed by atoms with van der Waals surface area (Å²) in [7, 11) is 0. The molecule has 3 aromatic rings. The van der Waals surface area contributed by atoms with Gasteiger partial charge in [-0.05, 0) is 47.4 Å². The number of hydrogen-bond acceptors (Lipinski definition) is 4. The van der Waals surface area contributed by atoms with E-state index in [0.29, 0.717) is 28.8 Å². The number of carbonyl (C=O) groups excluding carboxylic acids is 2. The number of halogens is 1. The molecule has 2 heterocycles. The molecule has 0 spiro atoms. The number of amides is 2. The van der Waals surface area contributed by atoms with Gasteiger partial charge in [0.1, 0.15) is 12.2 Å². The Labute approximate surface area is 192 Å². The molecule has 2 aromatic carbocycles. The van der Waals surface area contributed by atoms with Crippen LogP contribution in [0.1, 0.15) is 30.0 Å². The van der Waals surface area contributed by atoms with Gasteiger partial charge in [-0.2, -0.15) is 0 Å². The second kappa shape index (κ2) is 9.75. The number of benzene rings is 2. The predicted molar refractivity (Wildman–Crippen MR) is 127 cm³/mol. The van der Waals surface area contributed by atoms with Crippen molar-refractivity contribution in [3.8, 4) is 0 Å². The van der Waals surface area contributed by atoms with Gasteiger partial charge in [0.25, 0.3) is 0 Å². The Morgan fingerprint density at radius 2 is 1.78 bits per heavy atom. The summed E-state index contributed by atoms with van der Waals surface area (Å²) < 4.78 is 0. The van der Waals surface area contributed by atoms with Crippen molar-refractivity contribution in [2.75, 3.05) is 11.4 Å². The van der Waals surface area contributed by atoms with Crippen molar-refractivity contribution in [2.45, 2.75) is 26.3 Å². The maximum atomic E-state index is 13.1. The number of aromatic nitrogens is 1. The molecule has 4 rings (SSSR count). The predicted octanol–water partition coefficient (Wildman–Crippen LogP) is 4.47. The third kappa shape index (κ3) is 5.03. The normalized spacial score (nSPS) is 13.2. The Morgan fingerprint density at radius 3 is 2.50 bits per heavy atom. The number of hydrogen-bond donors (Lipinski definition) is 1. The van der Waals surface area contributed by atoms with Gasteiger partial charge in [0.15, 0.2) is 5.82 Å². The molecule has 0 bridgehead atoms. The SMILES string of the molecule is CCc1ccc(C2=Nc3cccnc3N(CC(=O)NCc3ccc(Cl)cc3)C(=O)C2)cc1. The first-order valence-corrected chi connectivity index (χ1v) is 10.8. The van der Waals surface area contributed by atoms with Gasteiger partial charge in [0, 0.05) is 17.8 Å². The van der Waals surface area contributed by atoms with Crippen molar-refractivity contribution in [2.24, 2.45) is 4.99 Å². The van der Waals surface area contributed by atoms with E-state index in [1.54, 1.807) is 30.5 Å². The molecule has 0 radical (unpaired) electrons. The molecule has 2 amide bonds. The molecule has 6 nitrogen and oxygen atoms in total. The van der Waals surface area contributed by atoms with Crippen molar-refractivity contribution in [3.63, 3.8) is 0 Å². The van der Waals surface area contributed by atoms with Crippen LogP contribution >= 0.6 is 11.6 Å². The molecule has 32 heavy (non-hydrogen) atoms. The van der Waals surface area contributed by atoms with E-state index in [4.69, 9.17) is 16.6 Å². The lowest BCUT2D eigenvalue weighted by molar-refractivity contribution is -0.123. The van der Waals surface area contributed by atoms with Crippen molar-refractivity contribution in [1.82, 2.24) is 10.3 Å². The van der Waals surface area contributed by atoms with Crippen LogP contribution in [0, 0.1) is 0 Å². The van der Waals surface area contributed by atoms with Crippen LogP contribution in [0.25, 0.3) is 0 Å². The van der Waals surface area contributed by atoms with Gasteiger partial charge in [-0.25, -0.2) is 9.98 Å². The molecule has 0 saturated heterocycles. The molecular formula is C25H23ClN4O2. The fourth-order valence-corrected chi connectivity index (χ4v) is 3.62. The van der Waals surface area contributed by atoms with Crippen molar-refractivity contribution in [1.29, 1.82) is 0 Å². The summed E-state index contributed by atoms with van der Waals surface area (Å²) in [5.74, 6) is -0.109. The van der Waals surface area contributed by atoms with Crippen LogP contribution in [0.2, 0.25) is 5.02 Å². The maximum absolute atomic E-state index is 13.1. The van der Waals surface area contributed by atoms with Gasteiger partial charge in [0.2, 0.25) is 11.8 Å². The van der Waals surface area contributed by atoms with Gasteiger partial charge in [-0.15, -0.1) is 0 Å². The second-order valence-corrected chi connectivity index (χ2v) is 7.95. The van der Waals surface area contributed by atoms with Gasteiger partial charge in [-0.3, -0.25) is 14.5 Å². The largest absolute Gasteiger partial charge is 0.350 e. The summed E-state index contributed by atoms with van der Waals surface area (Å²) in [4.78, 5) is 36.3. The number of aliphatic imine (C=N–C) groups is 1. The van der Waals surface area contributed by atoms with E-state index in [-0.39, 0.29) is 24.8 Å². The molecule has 1 aliphatic rings. The lowest BCUT2D eigenvalue weighted by Crippen LogP contribution is -2.41. The topological polar surface area (TPSA) is 74.7 Å². The summed E-state index contributed by atoms with van der Waals surface area (Å²) in [6, 6.07) is 18.9. The fourth-order valence-electron chi connectivity index (χ4n) is 3.49. The average molecular weight is 447 g/mol. The zero-order valence-corrected chi connectivity index (χ0v) is 18.5. The van der Waals surface area contributed by atoms with Crippen LogP contribution in [0.4, 0.5) is 11.5 Å². The Hall–Kier alpha value is -3.51. The van der Waals surface area contributed by atoms with Gasteiger partial charge in [0.05, 0.1) is 12.1 Å². The van der Waals surface area contributed by atoms with Crippen molar-refractivity contribution < 1.29 is 9.59 Å². The Bertz CT molecular complexity index is 1160. The molecule has 0 unspecified atom stereocenters. The third-order valence-corrected chi connectivity index (χ3v) is 5.55. The van der Waals surface area contributed by atoms with Gasteiger partial charge in [-0.1, -0.05) is 54.9 Å². The molecular weight excluding hydrogens is 424 g/mol. The lowest BCUT2D eigenvalue weighted by atomic mass is 10.0. The fraction of sp³-hybridized carbons (Fsp3) is 0.200. The minimum Gasteiger partial charge on any atom is -0.350 e. The zero-order chi connectivity index (χ0) is 22.5. The quantitative estimate of drug-likeness (QED) is 0.607. The van der Waals surface area contributed by atoms with Crippen LogP contribution < -0.4 is 10.2 Å². The van der Waals surface area contributed by atoms with Crippen LogP contribution in [-0.4, -0.2) is 29.1 Å². The second-order valence-electron chi connectivity index (χ2n) is 7.51. The highest BCUT2D eigenvalue weighted by Gasteiger charge is 2.27. The van der Waals surface area contributed by atoms with Crippen molar-refractivity contribution in [3.05, 3.63) is 88.6 Å². The molecule has 0 fully saturated rings. The summed E-state index contributed by atoms with van der Waals surface area (Å²) in [5, 5.41) is 3.49. The number of nitrogens with one attached hydrogen (secondary N) is 1. The summed E-state index contributed by atoms with van der Waals surface area (Å²) in [5.41, 5.74) is 4.26. The maximum Gasteiger partial charge on any atom is 0.240 e. The van der Waals surface area contributed by atoms with E-state index in [1.807, 2.05) is 36.4 Å². The van der Waals surface area contributed by atoms with E-state index in [2.05, 4.69) is 17.2 Å². The van der Waals surface area contributed by atoms with E-state index in [1.165, 1.54) is 10.5 Å². The molecule has 1 N–H and O–H groups in total. The van der Waals surface area contributed by atoms with Crippen LogP contribution in [0.15, 0.2) is 71.9 Å². The number of anilines is 1. The van der Waals surface area contributed by atoms with E-state index in [0.717, 1.165) is 17.5 Å². The highest BCUT2D eigenvalue weighted by molar-refractivity contribution is 6.30. The highest BCUT2D eigenvalue weighted by atomic mass is 35.5. The summed E-state index contributed by atoms with van der Waals surface area (Å²) >= 11 is 5.90. The number of carbonyl (C=O) groups is 2. The van der Waals surface area contributed by atoms with Crippen molar-refractivity contribution >= 4 is 40.6 Å². The van der Waals surface area contributed by atoms with Crippen LogP contribution in [-0.2, 0) is 22.6 Å². The Morgan fingerprint density at radius 1 is 1.06 bits per heavy atom. The molecule has 0 atom stereocenters. The summed E-state index contributed by atoms with van der Waals surface area (Å²) in [6.45, 7) is 2.31. The Kier molecular flexibility index (Phi) is 6.61. The average Bonchev–Trinajstić information content (AvgIpc) is 2.95. The number of nitrogens with zero attached hydrogens (tertiary/aromatic N) is 3. The number of pyridine rings is 1. The summed E-state index contributed by atoms with van der Waals surface area (Å²) in [6.07, 6.45) is 2.63. The smallest absolute Gasteiger partial charge is 0.240 e. The van der Waals surface area contributed by atoms with Gasteiger partial charge < -0.3 is 5.32 Å². The standard InChI is InChI=1S/C25H23ClN4O2/c1-2-17-5-9-19(10-6-17)22-14-24(32)30(25-21(29-22)4-3-13-27-25)16-23(31)28-15-18-7-11-20(26)12-8-18/h3-13H,2,14-16H2,1H3,(H,28,31). The van der Waals surface area contributed by atoms with E-state index in [9.17, 15) is 9.59 Å². The van der Waals surface area contributed by atoms with Gasteiger partial charge >= 0.3 is 0 Å². The van der Waals surface area contributed by atoms with E-state index >= 15 is 0 Å². The first kappa shape index (κ1) is 21.7. The highest BCUT2D eigenvalue weighted by Crippen LogP contribution is 2.30. The number of rotatable bonds is 6. The molecule has 0 saturated carbocycles. The molecule has 7 heteroatoms. The van der Waals surface area contributed by atoms with Crippen LogP contribution in [0.5, 0.6) is 0 Å². The first-order chi connectivity index (χ1) is 15.5. The molecule has 0 aliphatic carbocycles. The monoisotopic (exact) mass is 446 g/mol.